The molecule has 0 heterocycles. The van der Waals surface area contributed by atoms with E-state index in [-0.39, 0.29) is 6.61 Å². The number of carbonyl (C=O) groups is 2. The summed E-state index contributed by atoms with van der Waals surface area (Å²) in [5.41, 5.74) is 4.45. The molecule has 2 N–H and O–H groups in total. The Morgan fingerprint density at radius 1 is 0.962 bits per heavy atom. The predicted molar refractivity (Wildman–Crippen MR) is 91.3 cm³/mol. The highest BCUT2D eigenvalue weighted by atomic mass is 19.1. The maximum Gasteiger partial charge on any atom is 0.279 e. The standard InChI is InChI=1S/C18H19FN2O5/c1-12(26-16-5-3-13(19)4-6-16)18(23)21-20-17(22)11-25-15-9-7-14(24-2)8-10-15/h3-10,12H,11H2,1-2H3,(H,20,22)(H,21,23)/t12-/m1/s1. The van der Waals surface area contributed by atoms with Gasteiger partial charge in [0.05, 0.1) is 7.11 Å². The zero-order valence-electron chi connectivity index (χ0n) is 14.3. The molecule has 2 aromatic carbocycles. The summed E-state index contributed by atoms with van der Waals surface area (Å²) in [6, 6.07) is 12.0. The van der Waals surface area contributed by atoms with Crippen molar-refractivity contribution in [3.63, 3.8) is 0 Å². The topological polar surface area (TPSA) is 85.9 Å². The SMILES string of the molecule is COc1ccc(OCC(=O)NNC(=O)[C@@H](C)Oc2ccc(F)cc2)cc1. The van der Waals surface area contributed by atoms with Crippen LogP contribution in [0.1, 0.15) is 6.92 Å². The minimum Gasteiger partial charge on any atom is -0.497 e. The van der Waals surface area contributed by atoms with Gasteiger partial charge in [0, 0.05) is 0 Å². The third-order valence-corrected chi connectivity index (χ3v) is 3.25. The van der Waals surface area contributed by atoms with Gasteiger partial charge in [-0.2, -0.15) is 0 Å². The fraction of sp³-hybridized carbons (Fsp3) is 0.222. The largest absolute Gasteiger partial charge is 0.497 e. The number of hydrogen-bond acceptors (Lipinski definition) is 5. The number of rotatable bonds is 7. The van der Waals surface area contributed by atoms with Crippen LogP contribution in [0.4, 0.5) is 4.39 Å². The summed E-state index contributed by atoms with van der Waals surface area (Å²) in [7, 11) is 1.55. The predicted octanol–water partition coefficient (Wildman–Crippen LogP) is 1.83. The van der Waals surface area contributed by atoms with E-state index in [0.717, 1.165) is 0 Å². The second-order valence-electron chi connectivity index (χ2n) is 5.22. The number of hydrazine groups is 1. The molecule has 0 aliphatic rings. The van der Waals surface area contributed by atoms with Crippen molar-refractivity contribution in [1.82, 2.24) is 10.9 Å². The van der Waals surface area contributed by atoms with Gasteiger partial charge in [0.1, 0.15) is 23.1 Å². The average molecular weight is 362 g/mol. The smallest absolute Gasteiger partial charge is 0.279 e. The number of carbonyl (C=O) groups excluding carboxylic acids is 2. The number of ether oxygens (including phenoxy) is 3. The molecule has 7 nitrogen and oxygen atoms in total. The third-order valence-electron chi connectivity index (χ3n) is 3.25. The van der Waals surface area contributed by atoms with Gasteiger partial charge in [-0.15, -0.1) is 0 Å². The maximum absolute atomic E-state index is 12.8. The molecule has 0 saturated heterocycles. The normalized spacial score (nSPS) is 11.2. The van der Waals surface area contributed by atoms with Crippen molar-refractivity contribution in [2.45, 2.75) is 13.0 Å². The molecule has 0 aromatic heterocycles. The molecular formula is C18H19FN2O5. The number of nitrogens with one attached hydrogen (secondary N) is 2. The molecule has 2 aromatic rings. The lowest BCUT2D eigenvalue weighted by Crippen LogP contribution is -2.48. The van der Waals surface area contributed by atoms with E-state index in [0.29, 0.717) is 17.2 Å². The molecule has 0 unspecified atom stereocenters. The van der Waals surface area contributed by atoms with E-state index in [4.69, 9.17) is 14.2 Å². The number of benzene rings is 2. The van der Waals surface area contributed by atoms with Crippen LogP contribution in [0.5, 0.6) is 17.2 Å². The Hall–Kier alpha value is -3.29. The van der Waals surface area contributed by atoms with Crippen LogP contribution in [0.3, 0.4) is 0 Å². The summed E-state index contributed by atoms with van der Waals surface area (Å²) in [6.07, 6.45) is -0.886. The van der Waals surface area contributed by atoms with Gasteiger partial charge >= 0.3 is 0 Å². The Bertz CT molecular complexity index is 734. The van der Waals surface area contributed by atoms with Gasteiger partial charge in [-0.05, 0) is 55.5 Å². The molecule has 26 heavy (non-hydrogen) atoms. The van der Waals surface area contributed by atoms with Crippen molar-refractivity contribution in [2.75, 3.05) is 13.7 Å². The fourth-order valence-electron chi connectivity index (χ4n) is 1.86. The van der Waals surface area contributed by atoms with Crippen molar-refractivity contribution in [3.8, 4) is 17.2 Å². The molecule has 2 rings (SSSR count). The van der Waals surface area contributed by atoms with Crippen LogP contribution in [0.25, 0.3) is 0 Å². The molecule has 0 fully saturated rings. The van der Waals surface area contributed by atoms with Gasteiger partial charge in [-0.1, -0.05) is 0 Å². The molecule has 0 aliphatic carbocycles. The molecule has 0 radical (unpaired) electrons. The Morgan fingerprint density at radius 3 is 2.15 bits per heavy atom. The van der Waals surface area contributed by atoms with Gasteiger partial charge in [0.2, 0.25) is 0 Å². The summed E-state index contributed by atoms with van der Waals surface area (Å²) in [4.78, 5) is 23.6. The van der Waals surface area contributed by atoms with Crippen LogP contribution in [0, 0.1) is 5.82 Å². The number of amides is 2. The Labute approximate surface area is 150 Å². The highest BCUT2D eigenvalue weighted by Gasteiger charge is 2.15. The van der Waals surface area contributed by atoms with Gasteiger partial charge in [0.15, 0.2) is 12.7 Å². The second kappa shape index (κ2) is 9.26. The molecule has 0 spiro atoms. The first-order chi connectivity index (χ1) is 12.5. The highest BCUT2D eigenvalue weighted by molar-refractivity contribution is 5.85. The molecule has 0 aliphatic heterocycles. The van der Waals surface area contributed by atoms with E-state index in [1.807, 2.05) is 0 Å². The molecule has 0 saturated carbocycles. The van der Waals surface area contributed by atoms with Crippen LogP contribution in [-0.2, 0) is 9.59 Å². The van der Waals surface area contributed by atoms with Gasteiger partial charge in [-0.3, -0.25) is 20.4 Å². The van der Waals surface area contributed by atoms with Crippen LogP contribution >= 0.6 is 0 Å². The lowest BCUT2D eigenvalue weighted by Gasteiger charge is -2.15. The van der Waals surface area contributed by atoms with Gasteiger partial charge in [-0.25, -0.2) is 4.39 Å². The van der Waals surface area contributed by atoms with E-state index in [2.05, 4.69) is 10.9 Å². The molecule has 2 amide bonds. The van der Waals surface area contributed by atoms with E-state index < -0.39 is 23.7 Å². The van der Waals surface area contributed by atoms with Gasteiger partial charge in [0.25, 0.3) is 11.8 Å². The number of halogens is 1. The summed E-state index contributed by atoms with van der Waals surface area (Å²) in [5.74, 6) is -0.0124. The zero-order valence-corrected chi connectivity index (χ0v) is 14.3. The monoisotopic (exact) mass is 362 g/mol. The number of methoxy groups -OCH3 is 1. The van der Waals surface area contributed by atoms with Crippen molar-refractivity contribution >= 4 is 11.8 Å². The lowest BCUT2D eigenvalue weighted by molar-refractivity contribution is -0.133. The summed E-state index contributed by atoms with van der Waals surface area (Å²) < 4.78 is 28.5. The Morgan fingerprint density at radius 2 is 1.54 bits per heavy atom. The summed E-state index contributed by atoms with van der Waals surface area (Å²) in [6.45, 7) is 1.22. The van der Waals surface area contributed by atoms with Crippen molar-refractivity contribution in [2.24, 2.45) is 0 Å². The van der Waals surface area contributed by atoms with E-state index in [1.165, 1.54) is 31.2 Å². The average Bonchev–Trinajstić information content (AvgIpc) is 2.66. The highest BCUT2D eigenvalue weighted by Crippen LogP contribution is 2.16. The van der Waals surface area contributed by atoms with E-state index >= 15 is 0 Å². The fourth-order valence-corrected chi connectivity index (χ4v) is 1.86. The first-order valence-corrected chi connectivity index (χ1v) is 7.75. The van der Waals surface area contributed by atoms with Crippen LogP contribution < -0.4 is 25.1 Å². The minimum atomic E-state index is -0.886. The second-order valence-corrected chi connectivity index (χ2v) is 5.22. The Kier molecular flexibility index (Phi) is 6.78. The molecular weight excluding hydrogens is 343 g/mol. The van der Waals surface area contributed by atoms with Crippen molar-refractivity contribution in [3.05, 3.63) is 54.3 Å². The minimum absolute atomic E-state index is 0.278. The Balaban J connectivity index is 1.71. The van der Waals surface area contributed by atoms with Crippen molar-refractivity contribution < 1.29 is 28.2 Å². The molecule has 0 bridgehead atoms. The maximum atomic E-state index is 12.8. The van der Waals surface area contributed by atoms with E-state index in [1.54, 1.807) is 31.4 Å². The molecule has 138 valence electrons. The van der Waals surface area contributed by atoms with Crippen LogP contribution in [0.15, 0.2) is 48.5 Å². The van der Waals surface area contributed by atoms with Gasteiger partial charge < -0.3 is 14.2 Å². The first kappa shape index (κ1) is 19.0. The lowest BCUT2D eigenvalue weighted by atomic mass is 10.3. The van der Waals surface area contributed by atoms with Crippen LogP contribution in [-0.4, -0.2) is 31.6 Å². The molecule has 8 heteroatoms. The molecule has 1 atom stereocenters. The van der Waals surface area contributed by atoms with Crippen LogP contribution in [0.2, 0.25) is 0 Å². The van der Waals surface area contributed by atoms with Crippen molar-refractivity contribution in [1.29, 1.82) is 0 Å². The summed E-state index contributed by atoms with van der Waals surface area (Å²) >= 11 is 0. The zero-order chi connectivity index (χ0) is 18.9. The third kappa shape index (κ3) is 5.97. The quantitative estimate of drug-likeness (QED) is 0.734. The summed E-state index contributed by atoms with van der Waals surface area (Å²) in [5, 5.41) is 0. The van der Waals surface area contributed by atoms with E-state index in [9.17, 15) is 14.0 Å². The number of hydrogen-bond donors (Lipinski definition) is 2. The first-order valence-electron chi connectivity index (χ1n) is 7.75.